The highest BCUT2D eigenvalue weighted by Gasteiger charge is 2.00. The van der Waals surface area contributed by atoms with Crippen molar-refractivity contribution in [3.63, 3.8) is 0 Å². The van der Waals surface area contributed by atoms with Crippen molar-refractivity contribution in [3.05, 3.63) is 34.2 Å². The standard InChI is InChI=1S/C13H17N3O3/c17-12(18)2-1-6-14-7-5-9-3-4-10-11(8-9)16-13(19)15-10/h3-4,8,14H,1-2,5-7H2,(H,17,18)(H2,15,16,19). The fraction of sp³-hybridized carbons (Fsp3) is 0.385. The third kappa shape index (κ3) is 3.96. The third-order valence-corrected chi connectivity index (χ3v) is 2.92. The molecule has 0 saturated heterocycles. The summed E-state index contributed by atoms with van der Waals surface area (Å²) in [6, 6.07) is 5.81. The lowest BCUT2D eigenvalue weighted by atomic mass is 10.1. The summed E-state index contributed by atoms with van der Waals surface area (Å²) in [7, 11) is 0. The second kappa shape index (κ2) is 6.19. The molecular formula is C13H17N3O3. The second-order valence-electron chi connectivity index (χ2n) is 4.46. The van der Waals surface area contributed by atoms with Crippen molar-refractivity contribution in [3.8, 4) is 0 Å². The molecule has 4 N–H and O–H groups in total. The van der Waals surface area contributed by atoms with Crippen molar-refractivity contribution in [2.45, 2.75) is 19.3 Å². The van der Waals surface area contributed by atoms with E-state index in [4.69, 9.17) is 5.11 Å². The summed E-state index contributed by atoms with van der Waals surface area (Å²) in [6.45, 7) is 1.50. The number of benzene rings is 1. The van der Waals surface area contributed by atoms with Crippen LogP contribution >= 0.6 is 0 Å². The van der Waals surface area contributed by atoms with E-state index in [1.165, 1.54) is 0 Å². The maximum atomic E-state index is 11.1. The van der Waals surface area contributed by atoms with E-state index in [2.05, 4.69) is 15.3 Å². The molecule has 0 saturated carbocycles. The van der Waals surface area contributed by atoms with Crippen molar-refractivity contribution in [2.24, 2.45) is 0 Å². The van der Waals surface area contributed by atoms with E-state index in [9.17, 15) is 9.59 Å². The number of fused-ring (bicyclic) bond motifs is 1. The van der Waals surface area contributed by atoms with Crippen molar-refractivity contribution >= 4 is 17.0 Å². The van der Waals surface area contributed by atoms with Crippen LogP contribution in [0.4, 0.5) is 0 Å². The molecule has 0 spiro atoms. The highest BCUT2D eigenvalue weighted by atomic mass is 16.4. The number of hydrogen-bond donors (Lipinski definition) is 4. The first-order chi connectivity index (χ1) is 9.15. The van der Waals surface area contributed by atoms with E-state index in [0.717, 1.165) is 29.6 Å². The summed E-state index contributed by atoms with van der Waals surface area (Å²) in [5.74, 6) is -0.760. The molecule has 0 unspecified atom stereocenters. The Kier molecular flexibility index (Phi) is 4.35. The molecule has 0 fully saturated rings. The number of aromatic amines is 2. The molecular weight excluding hydrogens is 246 g/mol. The number of imidazole rings is 1. The predicted octanol–water partition coefficient (Wildman–Crippen LogP) is 0.853. The lowest BCUT2D eigenvalue weighted by molar-refractivity contribution is -0.137. The van der Waals surface area contributed by atoms with Gasteiger partial charge in [-0.25, -0.2) is 4.79 Å². The Labute approximate surface area is 109 Å². The minimum absolute atomic E-state index is 0.195. The highest BCUT2D eigenvalue weighted by Crippen LogP contribution is 2.10. The molecule has 102 valence electrons. The van der Waals surface area contributed by atoms with E-state index in [1.807, 2.05) is 18.2 Å². The smallest absolute Gasteiger partial charge is 0.323 e. The molecule has 6 heteroatoms. The molecule has 0 radical (unpaired) electrons. The van der Waals surface area contributed by atoms with Crippen molar-refractivity contribution < 1.29 is 9.90 Å². The molecule has 2 aromatic rings. The van der Waals surface area contributed by atoms with Gasteiger partial charge in [-0.15, -0.1) is 0 Å². The minimum Gasteiger partial charge on any atom is -0.481 e. The van der Waals surface area contributed by atoms with Gasteiger partial charge >= 0.3 is 11.7 Å². The number of nitrogens with one attached hydrogen (secondary N) is 3. The van der Waals surface area contributed by atoms with Crippen LogP contribution in [0.5, 0.6) is 0 Å². The average molecular weight is 263 g/mol. The molecule has 1 heterocycles. The van der Waals surface area contributed by atoms with Crippen LogP contribution in [-0.2, 0) is 11.2 Å². The van der Waals surface area contributed by atoms with Crippen LogP contribution in [0.3, 0.4) is 0 Å². The molecule has 19 heavy (non-hydrogen) atoms. The fourth-order valence-electron chi connectivity index (χ4n) is 1.96. The summed E-state index contributed by atoms with van der Waals surface area (Å²) in [4.78, 5) is 26.9. The SMILES string of the molecule is O=C(O)CCCNCCc1ccc2[nH]c(=O)[nH]c2c1. The number of H-pyrrole nitrogens is 2. The molecule has 0 bridgehead atoms. The van der Waals surface area contributed by atoms with Gasteiger partial charge < -0.3 is 20.4 Å². The highest BCUT2D eigenvalue weighted by molar-refractivity contribution is 5.75. The maximum Gasteiger partial charge on any atom is 0.323 e. The van der Waals surface area contributed by atoms with Crippen molar-refractivity contribution in [1.82, 2.24) is 15.3 Å². The van der Waals surface area contributed by atoms with Gasteiger partial charge in [0.05, 0.1) is 11.0 Å². The van der Waals surface area contributed by atoms with Crippen LogP contribution in [0.15, 0.2) is 23.0 Å². The molecule has 0 atom stereocenters. The van der Waals surface area contributed by atoms with E-state index < -0.39 is 5.97 Å². The van der Waals surface area contributed by atoms with Crippen LogP contribution < -0.4 is 11.0 Å². The van der Waals surface area contributed by atoms with Gasteiger partial charge in [0.2, 0.25) is 0 Å². The quantitative estimate of drug-likeness (QED) is 0.557. The fourth-order valence-corrected chi connectivity index (χ4v) is 1.96. The molecule has 1 aromatic carbocycles. The zero-order chi connectivity index (χ0) is 13.7. The Bertz CT molecular complexity index is 615. The number of carbonyl (C=O) groups is 1. The molecule has 0 aliphatic heterocycles. The van der Waals surface area contributed by atoms with E-state index in [0.29, 0.717) is 13.0 Å². The zero-order valence-electron chi connectivity index (χ0n) is 10.5. The Morgan fingerprint density at radius 3 is 2.79 bits per heavy atom. The van der Waals surface area contributed by atoms with E-state index in [1.54, 1.807) is 0 Å². The van der Waals surface area contributed by atoms with Gasteiger partial charge in [-0.3, -0.25) is 4.79 Å². The topological polar surface area (TPSA) is 98.0 Å². The number of aromatic nitrogens is 2. The van der Waals surface area contributed by atoms with E-state index >= 15 is 0 Å². The van der Waals surface area contributed by atoms with Gasteiger partial charge in [-0.1, -0.05) is 6.07 Å². The minimum atomic E-state index is -0.760. The Balaban J connectivity index is 1.78. The lowest BCUT2D eigenvalue weighted by Gasteiger charge is -2.04. The van der Waals surface area contributed by atoms with Crippen LogP contribution in [0.25, 0.3) is 11.0 Å². The van der Waals surface area contributed by atoms with Crippen molar-refractivity contribution in [2.75, 3.05) is 13.1 Å². The van der Waals surface area contributed by atoms with Gasteiger partial charge in [-0.2, -0.15) is 0 Å². The number of aliphatic carboxylic acids is 1. The zero-order valence-corrected chi connectivity index (χ0v) is 10.5. The molecule has 2 rings (SSSR count). The summed E-state index contributed by atoms with van der Waals surface area (Å²) >= 11 is 0. The van der Waals surface area contributed by atoms with Crippen LogP contribution in [0.2, 0.25) is 0 Å². The normalized spacial score (nSPS) is 10.9. The number of carboxylic acids is 1. The summed E-state index contributed by atoms with van der Waals surface area (Å²) < 4.78 is 0. The van der Waals surface area contributed by atoms with Crippen LogP contribution in [0.1, 0.15) is 18.4 Å². The number of hydrogen-bond acceptors (Lipinski definition) is 3. The first-order valence-electron chi connectivity index (χ1n) is 6.28. The molecule has 1 aromatic heterocycles. The van der Waals surface area contributed by atoms with Gasteiger partial charge in [-0.05, 0) is 43.6 Å². The summed E-state index contributed by atoms with van der Waals surface area (Å²) in [5, 5.41) is 11.7. The maximum absolute atomic E-state index is 11.1. The summed E-state index contributed by atoms with van der Waals surface area (Å²) in [5.41, 5.74) is 2.56. The monoisotopic (exact) mass is 263 g/mol. The number of rotatable bonds is 7. The predicted molar refractivity (Wildman–Crippen MR) is 72.4 cm³/mol. The molecule has 0 aliphatic carbocycles. The largest absolute Gasteiger partial charge is 0.481 e. The molecule has 6 nitrogen and oxygen atoms in total. The Hall–Kier alpha value is -2.08. The average Bonchev–Trinajstić information content (AvgIpc) is 2.72. The Morgan fingerprint density at radius 2 is 2.00 bits per heavy atom. The van der Waals surface area contributed by atoms with Gasteiger partial charge in [0.1, 0.15) is 0 Å². The van der Waals surface area contributed by atoms with Gasteiger partial charge in [0, 0.05) is 6.42 Å². The van der Waals surface area contributed by atoms with Crippen LogP contribution in [-0.4, -0.2) is 34.1 Å². The third-order valence-electron chi connectivity index (χ3n) is 2.92. The number of carboxylic acid groups (broad SMARTS) is 1. The molecule has 0 aliphatic rings. The van der Waals surface area contributed by atoms with Gasteiger partial charge in [0.15, 0.2) is 0 Å². The lowest BCUT2D eigenvalue weighted by Crippen LogP contribution is -2.19. The van der Waals surface area contributed by atoms with Crippen LogP contribution in [0, 0.1) is 0 Å². The van der Waals surface area contributed by atoms with E-state index in [-0.39, 0.29) is 12.1 Å². The second-order valence-corrected chi connectivity index (χ2v) is 4.46. The molecule has 0 amide bonds. The Morgan fingerprint density at radius 1 is 1.21 bits per heavy atom. The van der Waals surface area contributed by atoms with Gasteiger partial charge in [0.25, 0.3) is 0 Å². The first-order valence-corrected chi connectivity index (χ1v) is 6.28. The summed E-state index contributed by atoms with van der Waals surface area (Å²) in [6.07, 6.45) is 1.68. The first kappa shape index (κ1) is 13.4. The van der Waals surface area contributed by atoms with Crippen molar-refractivity contribution in [1.29, 1.82) is 0 Å².